The summed E-state index contributed by atoms with van der Waals surface area (Å²) in [5, 5.41) is 2.74. The maximum atomic E-state index is 12.9. The lowest BCUT2D eigenvalue weighted by Gasteiger charge is -2.22. The van der Waals surface area contributed by atoms with E-state index in [-0.39, 0.29) is 17.8 Å². The van der Waals surface area contributed by atoms with Crippen LogP contribution in [0.15, 0.2) is 18.2 Å². The summed E-state index contributed by atoms with van der Waals surface area (Å²) in [4.78, 5) is 12.0. The predicted molar refractivity (Wildman–Crippen MR) is 73.9 cm³/mol. The molecule has 0 fully saturated rings. The van der Waals surface area contributed by atoms with Gasteiger partial charge in [-0.15, -0.1) is 0 Å². The van der Waals surface area contributed by atoms with E-state index in [2.05, 4.69) is 5.32 Å². The average molecular weight is 367 g/mol. The fourth-order valence-corrected chi connectivity index (χ4v) is 2.25. The minimum absolute atomic E-state index is 0.286. The Labute approximate surface area is 119 Å². The quantitative estimate of drug-likeness (QED) is 0.641. The molecule has 0 aliphatic rings. The van der Waals surface area contributed by atoms with Crippen molar-refractivity contribution in [3.63, 3.8) is 0 Å². The van der Waals surface area contributed by atoms with Gasteiger partial charge in [0, 0.05) is 17.8 Å². The van der Waals surface area contributed by atoms with Gasteiger partial charge < -0.3 is 14.8 Å². The lowest BCUT2D eigenvalue weighted by molar-refractivity contribution is -0.117. The van der Waals surface area contributed by atoms with E-state index < -0.39 is 6.29 Å². The van der Waals surface area contributed by atoms with Gasteiger partial charge in [0.15, 0.2) is 6.29 Å². The zero-order chi connectivity index (χ0) is 13.7. The fourth-order valence-electron chi connectivity index (χ4n) is 1.53. The number of carbonyl (C=O) groups excluding carboxylic acids is 1. The molecular weight excluding hydrogens is 352 g/mol. The fraction of sp³-hybridized carbons (Fsp3) is 0.417. The minimum atomic E-state index is -0.521. The Bertz CT molecular complexity index is 424. The molecule has 1 rings (SSSR count). The summed E-state index contributed by atoms with van der Waals surface area (Å²) in [6.45, 7) is 1.77. The molecule has 0 aliphatic heterocycles. The highest BCUT2D eigenvalue weighted by atomic mass is 127. The molecule has 6 heteroatoms. The van der Waals surface area contributed by atoms with E-state index in [1.165, 1.54) is 32.4 Å². The van der Waals surface area contributed by atoms with E-state index in [9.17, 15) is 9.18 Å². The first kappa shape index (κ1) is 15.3. The lowest BCUT2D eigenvalue weighted by Crippen LogP contribution is -2.43. The van der Waals surface area contributed by atoms with Gasteiger partial charge in [0.05, 0.1) is 11.6 Å². The topological polar surface area (TPSA) is 47.6 Å². The second-order valence-electron chi connectivity index (χ2n) is 3.73. The largest absolute Gasteiger partial charge is 0.354 e. The highest BCUT2D eigenvalue weighted by Crippen LogP contribution is 2.14. The Hall–Kier alpha value is -0.730. The molecule has 0 aliphatic carbocycles. The third kappa shape index (κ3) is 3.89. The van der Waals surface area contributed by atoms with Gasteiger partial charge in [0.1, 0.15) is 5.82 Å². The SMILES string of the molecule is COC(OC)C(C)NC(=O)c1ccc(F)cc1I. The summed E-state index contributed by atoms with van der Waals surface area (Å²) in [5.41, 5.74) is 0.426. The van der Waals surface area contributed by atoms with Crippen LogP contribution < -0.4 is 5.32 Å². The van der Waals surface area contributed by atoms with Gasteiger partial charge in [-0.05, 0) is 47.7 Å². The van der Waals surface area contributed by atoms with Crippen LogP contribution in [0.1, 0.15) is 17.3 Å². The highest BCUT2D eigenvalue weighted by molar-refractivity contribution is 14.1. The Morgan fingerprint density at radius 3 is 2.50 bits per heavy atom. The number of ether oxygens (including phenoxy) is 2. The van der Waals surface area contributed by atoms with Crippen molar-refractivity contribution in [3.05, 3.63) is 33.1 Å². The van der Waals surface area contributed by atoms with Crippen molar-refractivity contribution in [3.8, 4) is 0 Å². The number of hydrogen-bond acceptors (Lipinski definition) is 3. The van der Waals surface area contributed by atoms with Crippen molar-refractivity contribution in [2.24, 2.45) is 0 Å². The number of hydrogen-bond donors (Lipinski definition) is 1. The van der Waals surface area contributed by atoms with Crippen molar-refractivity contribution in [2.75, 3.05) is 14.2 Å². The number of rotatable bonds is 5. The molecule has 1 aromatic rings. The van der Waals surface area contributed by atoms with Crippen LogP contribution in [0, 0.1) is 9.39 Å². The molecule has 0 radical (unpaired) electrons. The number of methoxy groups -OCH3 is 2. The van der Waals surface area contributed by atoms with E-state index in [0.717, 1.165) is 0 Å². The molecule has 1 N–H and O–H groups in total. The molecule has 1 amide bonds. The molecule has 18 heavy (non-hydrogen) atoms. The van der Waals surface area contributed by atoms with Crippen LogP contribution in [0.3, 0.4) is 0 Å². The molecule has 0 saturated heterocycles. The summed E-state index contributed by atoms with van der Waals surface area (Å²) in [6.07, 6.45) is -0.521. The zero-order valence-corrected chi connectivity index (χ0v) is 12.5. The van der Waals surface area contributed by atoms with E-state index in [1.54, 1.807) is 6.92 Å². The summed E-state index contributed by atoms with van der Waals surface area (Å²) >= 11 is 1.92. The van der Waals surface area contributed by atoms with Crippen LogP contribution in [0.25, 0.3) is 0 Å². The van der Waals surface area contributed by atoms with Crippen molar-refractivity contribution < 1.29 is 18.7 Å². The van der Waals surface area contributed by atoms with Crippen LogP contribution in [0.4, 0.5) is 4.39 Å². The molecule has 0 aromatic heterocycles. The van der Waals surface area contributed by atoms with E-state index >= 15 is 0 Å². The molecule has 0 spiro atoms. The molecule has 0 bridgehead atoms. The molecule has 1 aromatic carbocycles. The van der Waals surface area contributed by atoms with Gasteiger partial charge in [0.2, 0.25) is 0 Å². The zero-order valence-electron chi connectivity index (χ0n) is 10.4. The smallest absolute Gasteiger partial charge is 0.252 e. The Morgan fingerprint density at radius 2 is 2.00 bits per heavy atom. The Kier molecular flexibility index (Phi) is 5.97. The maximum Gasteiger partial charge on any atom is 0.252 e. The number of amides is 1. The van der Waals surface area contributed by atoms with Crippen molar-refractivity contribution >= 4 is 28.5 Å². The van der Waals surface area contributed by atoms with Crippen LogP contribution >= 0.6 is 22.6 Å². The number of benzene rings is 1. The molecule has 1 unspecified atom stereocenters. The lowest BCUT2D eigenvalue weighted by atomic mass is 10.2. The van der Waals surface area contributed by atoms with Gasteiger partial charge in [0.25, 0.3) is 5.91 Å². The Morgan fingerprint density at radius 1 is 1.39 bits per heavy atom. The normalized spacial score (nSPS) is 12.6. The van der Waals surface area contributed by atoms with Gasteiger partial charge in [-0.25, -0.2) is 4.39 Å². The first-order chi connectivity index (χ1) is 8.49. The first-order valence-electron chi connectivity index (χ1n) is 5.31. The Balaban J connectivity index is 2.76. The maximum absolute atomic E-state index is 12.9. The predicted octanol–water partition coefficient (Wildman–Crippen LogP) is 2.17. The van der Waals surface area contributed by atoms with Crippen LogP contribution in [0.5, 0.6) is 0 Å². The van der Waals surface area contributed by atoms with Crippen LogP contribution in [0.2, 0.25) is 0 Å². The summed E-state index contributed by atoms with van der Waals surface area (Å²) in [6, 6.07) is 3.71. The number of carbonyl (C=O) groups is 1. The molecule has 100 valence electrons. The van der Waals surface area contributed by atoms with Crippen LogP contribution in [-0.4, -0.2) is 32.5 Å². The first-order valence-corrected chi connectivity index (χ1v) is 6.39. The van der Waals surface area contributed by atoms with E-state index in [0.29, 0.717) is 9.13 Å². The standard InChI is InChI=1S/C12H15FINO3/c1-7(12(17-2)18-3)15-11(16)9-5-4-8(13)6-10(9)14/h4-7,12H,1-3H3,(H,15,16). The number of nitrogens with one attached hydrogen (secondary N) is 1. The molecule has 1 atom stereocenters. The van der Waals surface area contributed by atoms with Crippen molar-refractivity contribution in [1.29, 1.82) is 0 Å². The van der Waals surface area contributed by atoms with Crippen LogP contribution in [-0.2, 0) is 9.47 Å². The average Bonchev–Trinajstić information content (AvgIpc) is 2.30. The summed E-state index contributed by atoms with van der Waals surface area (Å²) < 4.78 is 23.6. The van der Waals surface area contributed by atoms with Gasteiger partial charge in [-0.2, -0.15) is 0 Å². The summed E-state index contributed by atoms with van der Waals surface area (Å²) in [5.74, 6) is -0.651. The molecule has 0 heterocycles. The second-order valence-corrected chi connectivity index (χ2v) is 4.89. The van der Waals surface area contributed by atoms with Crippen molar-refractivity contribution in [2.45, 2.75) is 19.3 Å². The van der Waals surface area contributed by atoms with Gasteiger partial charge in [-0.3, -0.25) is 4.79 Å². The second kappa shape index (κ2) is 7.01. The van der Waals surface area contributed by atoms with Gasteiger partial charge >= 0.3 is 0 Å². The molecule has 0 saturated carbocycles. The molecular formula is C12H15FINO3. The third-order valence-electron chi connectivity index (χ3n) is 2.41. The minimum Gasteiger partial charge on any atom is -0.354 e. The number of halogens is 2. The van der Waals surface area contributed by atoms with Crippen molar-refractivity contribution in [1.82, 2.24) is 5.32 Å². The van der Waals surface area contributed by atoms with E-state index in [4.69, 9.17) is 9.47 Å². The molecule has 4 nitrogen and oxygen atoms in total. The third-order valence-corrected chi connectivity index (χ3v) is 3.30. The monoisotopic (exact) mass is 367 g/mol. The summed E-state index contributed by atoms with van der Waals surface area (Å²) in [7, 11) is 3.00. The van der Waals surface area contributed by atoms with Gasteiger partial charge in [-0.1, -0.05) is 0 Å². The van der Waals surface area contributed by atoms with E-state index in [1.807, 2.05) is 22.6 Å². The highest BCUT2D eigenvalue weighted by Gasteiger charge is 2.20.